The van der Waals surface area contributed by atoms with Crippen LogP contribution in [0.1, 0.15) is 52.1 Å². The Hall–Kier alpha value is -2.58. The zero-order valence-electron chi connectivity index (χ0n) is 21.0. The van der Waals surface area contributed by atoms with Crippen molar-refractivity contribution in [2.75, 3.05) is 24.5 Å². The van der Waals surface area contributed by atoms with Crippen LogP contribution >= 0.6 is 11.6 Å². The molecule has 2 saturated heterocycles. The van der Waals surface area contributed by atoms with E-state index in [2.05, 4.69) is 22.2 Å². The minimum absolute atomic E-state index is 0.139. The molecule has 3 heterocycles. The average Bonchev–Trinajstić information content (AvgIpc) is 3.15. The molecule has 35 heavy (non-hydrogen) atoms. The van der Waals surface area contributed by atoms with Crippen LogP contribution in [-0.4, -0.2) is 68.9 Å². The number of aliphatic hydroxyl groups excluding tert-OH is 1. The fraction of sp³-hybridized carbons (Fsp3) is 0.577. The third kappa shape index (κ3) is 4.54. The van der Waals surface area contributed by atoms with Gasteiger partial charge in [-0.25, -0.2) is 4.68 Å². The van der Waals surface area contributed by atoms with Gasteiger partial charge in [0.25, 0.3) is 0 Å². The molecule has 2 aromatic rings. The highest BCUT2D eigenvalue weighted by Gasteiger charge is 2.55. The van der Waals surface area contributed by atoms with Crippen molar-refractivity contribution in [1.29, 1.82) is 0 Å². The van der Waals surface area contributed by atoms with Crippen LogP contribution in [0.3, 0.4) is 0 Å². The highest BCUT2D eigenvalue weighted by Crippen LogP contribution is 2.39. The third-order valence-corrected chi connectivity index (χ3v) is 7.74. The van der Waals surface area contributed by atoms with Crippen LogP contribution in [0.5, 0.6) is 0 Å². The van der Waals surface area contributed by atoms with Gasteiger partial charge < -0.3 is 20.2 Å². The second-order valence-corrected chi connectivity index (χ2v) is 10.4. The summed E-state index contributed by atoms with van der Waals surface area (Å²) in [7, 11) is 0. The summed E-state index contributed by atoms with van der Waals surface area (Å²) in [6.07, 6.45) is 1.79. The Kier molecular flexibility index (Phi) is 7.43. The van der Waals surface area contributed by atoms with E-state index in [0.29, 0.717) is 37.6 Å². The number of amides is 2. The second-order valence-electron chi connectivity index (χ2n) is 10.0. The lowest BCUT2D eigenvalue weighted by molar-refractivity contribution is -0.163. The Labute approximate surface area is 212 Å². The fourth-order valence-electron chi connectivity index (χ4n) is 5.28. The van der Waals surface area contributed by atoms with E-state index in [1.54, 1.807) is 9.58 Å². The van der Waals surface area contributed by atoms with Crippen LogP contribution in [0.15, 0.2) is 30.3 Å². The van der Waals surface area contributed by atoms with E-state index in [0.717, 1.165) is 29.9 Å². The molecule has 1 aromatic heterocycles. The van der Waals surface area contributed by atoms with Crippen molar-refractivity contribution >= 4 is 29.1 Å². The molecule has 1 aromatic carbocycles. The summed E-state index contributed by atoms with van der Waals surface area (Å²) >= 11 is 6.79. The van der Waals surface area contributed by atoms with Crippen molar-refractivity contribution in [3.63, 3.8) is 0 Å². The van der Waals surface area contributed by atoms with E-state index in [-0.39, 0.29) is 17.7 Å². The molecule has 0 unspecified atom stereocenters. The van der Waals surface area contributed by atoms with E-state index >= 15 is 0 Å². The number of anilines is 1. The van der Waals surface area contributed by atoms with Crippen LogP contribution < -0.4 is 10.2 Å². The van der Waals surface area contributed by atoms with Gasteiger partial charge in [0.1, 0.15) is 11.6 Å². The molecule has 1 spiro atoms. The number of carbonyl (C=O) groups is 2. The summed E-state index contributed by atoms with van der Waals surface area (Å²) in [6, 6.07) is 8.85. The largest absolute Gasteiger partial charge is 0.390 e. The molecule has 0 saturated carbocycles. The van der Waals surface area contributed by atoms with Gasteiger partial charge in [0, 0.05) is 19.6 Å². The number of hydrogen-bond donors (Lipinski definition) is 2. The van der Waals surface area contributed by atoms with Gasteiger partial charge in [-0.2, -0.15) is 5.10 Å². The predicted octanol–water partition coefficient (Wildman–Crippen LogP) is 3.32. The van der Waals surface area contributed by atoms with Crippen molar-refractivity contribution in [3.05, 3.63) is 41.2 Å². The second kappa shape index (κ2) is 10.2. The molecule has 2 fully saturated rings. The molecule has 2 N–H and O–H groups in total. The van der Waals surface area contributed by atoms with Crippen molar-refractivity contribution in [1.82, 2.24) is 20.0 Å². The van der Waals surface area contributed by atoms with E-state index in [1.807, 2.05) is 51.1 Å². The first-order valence-electron chi connectivity index (χ1n) is 12.6. The topological polar surface area (TPSA) is 90.7 Å². The smallest absolute Gasteiger partial charge is 0.248 e. The number of nitrogens with one attached hydrogen (secondary N) is 1. The third-order valence-electron chi connectivity index (χ3n) is 7.40. The standard InChI is InChI=1S/C26H36ClN5O3/c1-5-6-14-31-24(34)20(22(33)17(2)3)28-25(35)26(31)12-15-30(16-13-26)21-18(4)29-32(23(21)27)19-10-8-7-9-11-19/h7-11,17,20,22,33H,5-6,12-16H2,1-4H3,(H,28,35)/t20-,22-/m1/s1. The quantitative estimate of drug-likeness (QED) is 0.607. The van der Waals surface area contributed by atoms with Crippen LogP contribution in [0, 0.1) is 12.8 Å². The number of halogens is 1. The van der Waals surface area contributed by atoms with Gasteiger partial charge in [0.15, 0.2) is 5.15 Å². The number of para-hydroxylation sites is 1. The Morgan fingerprint density at radius 2 is 1.86 bits per heavy atom. The average molecular weight is 502 g/mol. The van der Waals surface area contributed by atoms with E-state index in [1.165, 1.54) is 0 Å². The number of rotatable bonds is 7. The van der Waals surface area contributed by atoms with Gasteiger partial charge in [-0.05, 0) is 44.2 Å². The minimum atomic E-state index is -0.918. The first-order valence-corrected chi connectivity index (χ1v) is 12.9. The summed E-state index contributed by atoms with van der Waals surface area (Å²) in [5, 5.41) is 18.7. The van der Waals surface area contributed by atoms with Crippen LogP contribution in [-0.2, 0) is 9.59 Å². The van der Waals surface area contributed by atoms with Gasteiger partial charge in [-0.3, -0.25) is 9.59 Å². The van der Waals surface area contributed by atoms with Crippen molar-refractivity contribution < 1.29 is 14.7 Å². The number of carbonyl (C=O) groups excluding carboxylic acids is 2. The maximum atomic E-state index is 13.5. The van der Waals surface area contributed by atoms with Crippen LogP contribution in [0.25, 0.3) is 5.69 Å². The number of nitrogens with zero attached hydrogens (tertiary/aromatic N) is 4. The van der Waals surface area contributed by atoms with Crippen molar-refractivity contribution in [2.45, 2.75) is 71.1 Å². The monoisotopic (exact) mass is 501 g/mol. The lowest BCUT2D eigenvalue weighted by Gasteiger charge is -2.52. The van der Waals surface area contributed by atoms with Crippen molar-refractivity contribution in [3.8, 4) is 5.69 Å². The highest BCUT2D eigenvalue weighted by molar-refractivity contribution is 6.32. The number of aromatic nitrogens is 2. The first kappa shape index (κ1) is 25.5. The molecule has 2 amide bonds. The van der Waals surface area contributed by atoms with Crippen LogP contribution in [0.4, 0.5) is 5.69 Å². The highest BCUT2D eigenvalue weighted by atomic mass is 35.5. The molecular weight excluding hydrogens is 466 g/mol. The lowest BCUT2D eigenvalue weighted by Crippen LogP contribution is -2.75. The Bertz CT molecular complexity index is 1060. The molecule has 0 radical (unpaired) electrons. The Morgan fingerprint density at radius 3 is 2.46 bits per heavy atom. The normalized spacial score (nSPS) is 21.1. The number of aryl methyl sites for hydroxylation is 1. The molecule has 8 nitrogen and oxygen atoms in total. The Balaban J connectivity index is 1.59. The molecule has 2 aliphatic rings. The zero-order chi connectivity index (χ0) is 25.3. The summed E-state index contributed by atoms with van der Waals surface area (Å²) in [5.74, 6) is -0.487. The number of hydrogen-bond acceptors (Lipinski definition) is 5. The first-order chi connectivity index (χ1) is 16.7. The van der Waals surface area contributed by atoms with Crippen LogP contribution in [0.2, 0.25) is 5.15 Å². The number of piperazine rings is 1. The summed E-state index contributed by atoms with van der Waals surface area (Å²) in [5.41, 5.74) is 1.66. The predicted molar refractivity (Wildman–Crippen MR) is 137 cm³/mol. The molecule has 2 atom stereocenters. The number of piperidine rings is 1. The SMILES string of the molecule is CCCCN1C(=O)[C@@H]([C@H](O)C(C)C)NC(=O)C12CCN(c1c(C)nn(-c3ccccc3)c1Cl)CC2. The molecule has 0 bridgehead atoms. The summed E-state index contributed by atoms with van der Waals surface area (Å²) in [4.78, 5) is 31.0. The van der Waals surface area contributed by atoms with Gasteiger partial charge >= 0.3 is 0 Å². The number of unbranched alkanes of at least 4 members (excludes halogenated alkanes) is 1. The molecule has 9 heteroatoms. The minimum Gasteiger partial charge on any atom is -0.390 e. The van der Waals surface area contributed by atoms with Gasteiger partial charge in [-0.1, -0.05) is 57.0 Å². The zero-order valence-corrected chi connectivity index (χ0v) is 21.8. The number of benzene rings is 1. The molecule has 0 aliphatic carbocycles. The van der Waals surface area contributed by atoms with Gasteiger partial charge in [0.05, 0.1) is 23.2 Å². The molecule has 2 aliphatic heterocycles. The Morgan fingerprint density at radius 1 is 1.20 bits per heavy atom. The fourth-order valence-corrected chi connectivity index (χ4v) is 5.67. The summed E-state index contributed by atoms with van der Waals surface area (Å²) in [6.45, 7) is 9.36. The molecule has 4 rings (SSSR count). The number of aliphatic hydroxyl groups is 1. The summed E-state index contributed by atoms with van der Waals surface area (Å²) < 4.78 is 1.74. The van der Waals surface area contributed by atoms with E-state index in [4.69, 9.17) is 11.6 Å². The molecule has 190 valence electrons. The van der Waals surface area contributed by atoms with Crippen molar-refractivity contribution in [2.24, 2.45) is 5.92 Å². The van der Waals surface area contributed by atoms with E-state index in [9.17, 15) is 14.7 Å². The van der Waals surface area contributed by atoms with E-state index < -0.39 is 17.7 Å². The maximum Gasteiger partial charge on any atom is 0.248 e. The molecular formula is C26H36ClN5O3. The lowest BCUT2D eigenvalue weighted by atomic mass is 9.80. The van der Waals surface area contributed by atoms with Gasteiger partial charge in [0.2, 0.25) is 11.8 Å². The van der Waals surface area contributed by atoms with Gasteiger partial charge in [-0.15, -0.1) is 0 Å². The maximum absolute atomic E-state index is 13.5.